The van der Waals surface area contributed by atoms with Gasteiger partial charge in [0.05, 0.1) is 0 Å². The van der Waals surface area contributed by atoms with Crippen molar-refractivity contribution in [2.75, 3.05) is 13.1 Å². The molecule has 0 N–H and O–H groups in total. The summed E-state index contributed by atoms with van der Waals surface area (Å²) in [5.41, 5.74) is 0.864. The van der Waals surface area contributed by atoms with E-state index < -0.39 is 0 Å². The van der Waals surface area contributed by atoms with Gasteiger partial charge in [-0.15, -0.1) is 0 Å². The number of rotatable bonds is 1. The van der Waals surface area contributed by atoms with Crippen LogP contribution in [0.15, 0.2) is 0 Å². The van der Waals surface area contributed by atoms with E-state index in [0.717, 1.165) is 11.8 Å². The predicted molar refractivity (Wildman–Crippen MR) is 72.6 cm³/mol. The molecule has 1 saturated heterocycles. The zero-order chi connectivity index (χ0) is 12.7. The monoisotopic (exact) mass is 225 g/mol. The van der Waals surface area contributed by atoms with Gasteiger partial charge in [-0.05, 0) is 36.5 Å². The summed E-state index contributed by atoms with van der Waals surface area (Å²) in [5, 5.41) is 0. The van der Waals surface area contributed by atoms with Gasteiger partial charge in [-0.3, -0.25) is 0 Å². The quantitative estimate of drug-likeness (QED) is 0.651. The molecule has 1 fully saturated rings. The lowest BCUT2D eigenvalue weighted by molar-refractivity contribution is 0.115. The summed E-state index contributed by atoms with van der Waals surface area (Å²) >= 11 is 0. The Morgan fingerprint density at radius 1 is 0.812 bits per heavy atom. The van der Waals surface area contributed by atoms with Gasteiger partial charge in [0.25, 0.3) is 0 Å². The SMILES string of the molecule is CC(C)N1CC(C(C)(C)C)C(C(C)(C)C)C1. The Balaban J connectivity index is 2.89. The minimum atomic E-state index is 0.432. The molecule has 16 heavy (non-hydrogen) atoms. The highest BCUT2D eigenvalue weighted by Gasteiger charge is 2.45. The molecule has 1 heterocycles. The molecule has 2 atom stereocenters. The second-order valence-electron chi connectivity index (χ2n) is 7.99. The number of likely N-dealkylation sites (tertiary alicyclic amines) is 1. The first kappa shape index (κ1) is 14.0. The van der Waals surface area contributed by atoms with E-state index in [9.17, 15) is 0 Å². The molecule has 1 rings (SSSR count). The Labute approximate surface area is 103 Å². The number of nitrogens with zero attached hydrogens (tertiary/aromatic N) is 1. The first-order valence-corrected chi connectivity index (χ1v) is 6.77. The van der Waals surface area contributed by atoms with Crippen LogP contribution < -0.4 is 0 Å². The van der Waals surface area contributed by atoms with Crippen molar-refractivity contribution in [3.8, 4) is 0 Å². The minimum absolute atomic E-state index is 0.432. The molecule has 1 heteroatoms. The second-order valence-corrected chi connectivity index (χ2v) is 7.99. The first-order valence-electron chi connectivity index (χ1n) is 6.77. The van der Waals surface area contributed by atoms with Gasteiger partial charge in [0.1, 0.15) is 0 Å². The molecule has 1 aliphatic heterocycles. The van der Waals surface area contributed by atoms with Crippen LogP contribution in [0, 0.1) is 22.7 Å². The molecule has 1 nitrogen and oxygen atoms in total. The molecule has 0 saturated carbocycles. The summed E-state index contributed by atoms with van der Waals surface area (Å²) in [6.45, 7) is 21.6. The largest absolute Gasteiger partial charge is 0.300 e. The molecule has 0 amide bonds. The van der Waals surface area contributed by atoms with E-state index in [1.54, 1.807) is 0 Å². The first-order chi connectivity index (χ1) is 7.03. The molecular weight excluding hydrogens is 194 g/mol. The maximum Gasteiger partial charge on any atom is 0.00388 e. The highest BCUT2D eigenvalue weighted by Crippen LogP contribution is 2.46. The van der Waals surface area contributed by atoms with Crippen LogP contribution >= 0.6 is 0 Å². The summed E-state index contributed by atoms with van der Waals surface area (Å²) in [4.78, 5) is 2.66. The predicted octanol–water partition coefficient (Wildman–Crippen LogP) is 4.04. The van der Waals surface area contributed by atoms with E-state index in [4.69, 9.17) is 0 Å². The van der Waals surface area contributed by atoms with Crippen LogP contribution in [0.25, 0.3) is 0 Å². The van der Waals surface area contributed by atoms with Gasteiger partial charge in [-0.2, -0.15) is 0 Å². The molecule has 0 bridgehead atoms. The van der Waals surface area contributed by atoms with Crippen molar-refractivity contribution in [2.45, 2.75) is 61.4 Å². The Hall–Kier alpha value is -0.0400. The Morgan fingerprint density at radius 2 is 1.12 bits per heavy atom. The van der Waals surface area contributed by atoms with Crippen LogP contribution in [0.5, 0.6) is 0 Å². The third kappa shape index (κ3) is 3.00. The summed E-state index contributed by atoms with van der Waals surface area (Å²) in [6.07, 6.45) is 0. The molecule has 0 aromatic carbocycles. The van der Waals surface area contributed by atoms with Gasteiger partial charge >= 0.3 is 0 Å². The van der Waals surface area contributed by atoms with Crippen molar-refractivity contribution >= 4 is 0 Å². The Bertz CT molecular complexity index is 207. The summed E-state index contributed by atoms with van der Waals surface area (Å²) < 4.78 is 0. The normalized spacial score (nSPS) is 29.1. The van der Waals surface area contributed by atoms with Crippen LogP contribution in [-0.4, -0.2) is 24.0 Å². The number of hydrogen-bond donors (Lipinski definition) is 0. The van der Waals surface area contributed by atoms with Crippen molar-refractivity contribution in [1.82, 2.24) is 4.90 Å². The van der Waals surface area contributed by atoms with Gasteiger partial charge < -0.3 is 4.90 Å². The maximum atomic E-state index is 2.66. The van der Waals surface area contributed by atoms with Gasteiger partial charge in [0.15, 0.2) is 0 Å². The summed E-state index contributed by atoms with van der Waals surface area (Å²) in [6, 6.07) is 0.692. The van der Waals surface area contributed by atoms with Crippen LogP contribution in [0.2, 0.25) is 0 Å². The fraction of sp³-hybridized carbons (Fsp3) is 1.00. The highest BCUT2D eigenvalue weighted by atomic mass is 15.2. The van der Waals surface area contributed by atoms with Crippen LogP contribution in [0.1, 0.15) is 55.4 Å². The average Bonchev–Trinajstić information content (AvgIpc) is 2.44. The fourth-order valence-corrected chi connectivity index (χ4v) is 3.01. The van der Waals surface area contributed by atoms with E-state index in [0.29, 0.717) is 16.9 Å². The van der Waals surface area contributed by atoms with E-state index >= 15 is 0 Å². The second kappa shape index (κ2) is 4.33. The van der Waals surface area contributed by atoms with Gasteiger partial charge in [0, 0.05) is 19.1 Å². The zero-order valence-corrected chi connectivity index (χ0v) is 12.6. The minimum Gasteiger partial charge on any atom is -0.300 e. The lowest BCUT2D eigenvalue weighted by Gasteiger charge is -2.38. The van der Waals surface area contributed by atoms with Crippen molar-refractivity contribution in [3.05, 3.63) is 0 Å². The molecule has 0 aliphatic carbocycles. The van der Waals surface area contributed by atoms with Crippen LogP contribution in [0.3, 0.4) is 0 Å². The smallest absolute Gasteiger partial charge is 0.00388 e. The van der Waals surface area contributed by atoms with Crippen molar-refractivity contribution < 1.29 is 0 Å². The van der Waals surface area contributed by atoms with Crippen molar-refractivity contribution in [3.63, 3.8) is 0 Å². The average molecular weight is 225 g/mol. The topological polar surface area (TPSA) is 3.24 Å². The van der Waals surface area contributed by atoms with Crippen molar-refractivity contribution in [2.24, 2.45) is 22.7 Å². The third-order valence-electron chi connectivity index (χ3n) is 4.30. The van der Waals surface area contributed by atoms with E-state index in [-0.39, 0.29) is 0 Å². The Morgan fingerprint density at radius 3 is 1.31 bits per heavy atom. The van der Waals surface area contributed by atoms with Gasteiger partial charge in [0.2, 0.25) is 0 Å². The molecule has 0 spiro atoms. The number of hydrogen-bond acceptors (Lipinski definition) is 1. The van der Waals surface area contributed by atoms with Crippen molar-refractivity contribution in [1.29, 1.82) is 0 Å². The standard InChI is InChI=1S/C15H31N/c1-11(2)16-9-12(14(3,4)5)13(10-16)15(6,7)8/h11-13H,9-10H2,1-8H3. The maximum absolute atomic E-state index is 2.66. The van der Waals surface area contributed by atoms with E-state index in [1.165, 1.54) is 13.1 Å². The lowest BCUT2D eigenvalue weighted by atomic mass is 9.66. The molecule has 0 aromatic heterocycles. The molecular formula is C15H31N. The lowest BCUT2D eigenvalue weighted by Crippen LogP contribution is -2.34. The molecule has 96 valence electrons. The van der Waals surface area contributed by atoms with Gasteiger partial charge in [-0.25, -0.2) is 0 Å². The van der Waals surface area contributed by atoms with E-state index in [2.05, 4.69) is 60.3 Å². The zero-order valence-electron chi connectivity index (χ0n) is 12.6. The highest BCUT2D eigenvalue weighted by molar-refractivity contribution is 4.96. The summed E-state index contributed by atoms with van der Waals surface area (Å²) in [7, 11) is 0. The van der Waals surface area contributed by atoms with Gasteiger partial charge in [-0.1, -0.05) is 41.5 Å². The molecule has 0 aromatic rings. The van der Waals surface area contributed by atoms with E-state index in [1.807, 2.05) is 0 Å². The molecule has 2 unspecified atom stereocenters. The molecule has 1 aliphatic rings. The fourth-order valence-electron chi connectivity index (χ4n) is 3.01. The van der Waals surface area contributed by atoms with Crippen LogP contribution in [0.4, 0.5) is 0 Å². The van der Waals surface area contributed by atoms with Crippen LogP contribution in [-0.2, 0) is 0 Å². The molecule has 0 radical (unpaired) electrons. The Kier molecular flexibility index (Phi) is 3.79. The summed E-state index contributed by atoms with van der Waals surface area (Å²) in [5.74, 6) is 1.66. The third-order valence-corrected chi connectivity index (χ3v) is 4.30.